The van der Waals surface area contributed by atoms with Crippen molar-refractivity contribution >= 4 is 11.9 Å². The van der Waals surface area contributed by atoms with Gasteiger partial charge in [-0.25, -0.2) is 0 Å². The number of hydrogen-bond acceptors (Lipinski definition) is 2. The standard InChI is InChI=1S/C15H22N2O3/c1-9(2)17-10(3)7-13(11(17)4)15(20)16(8-14(18)19)12-5-6-12/h7,9,12H,5-6,8H2,1-4H3,(H,18,19). The van der Waals surface area contributed by atoms with Crippen LogP contribution in [0.5, 0.6) is 0 Å². The Kier molecular flexibility index (Phi) is 3.88. The van der Waals surface area contributed by atoms with E-state index >= 15 is 0 Å². The maximum Gasteiger partial charge on any atom is 0.323 e. The highest BCUT2D eigenvalue weighted by atomic mass is 16.4. The molecule has 20 heavy (non-hydrogen) atoms. The van der Waals surface area contributed by atoms with Crippen LogP contribution >= 0.6 is 0 Å². The highest BCUT2D eigenvalue weighted by molar-refractivity contribution is 5.97. The first kappa shape index (κ1) is 14.6. The van der Waals surface area contributed by atoms with Crippen LogP contribution in [0.1, 0.15) is 54.5 Å². The molecule has 1 saturated carbocycles. The van der Waals surface area contributed by atoms with Crippen LogP contribution in [0.25, 0.3) is 0 Å². The molecule has 1 aliphatic carbocycles. The lowest BCUT2D eigenvalue weighted by molar-refractivity contribution is -0.137. The number of carboxylic acids is 1. The second-order valence-corrected chi connectivity index (χ2v) is 5.81. The number of carboxylic acid groups (broad SMARTS) is 1. The first-order chi connectivity index (χ1) is 9.32. The number of amides is 1. The zero-order chi connectivity index (χ0) is 15.0. The number of nitrogens with zero attached hydrogens (tertiary/aromatic N) is 2. The molecule has 0 bridgehead atoms. The summed E-state index contributed by atoms with van der Waals surface area (Å²) in [6.45, 7) is 7.83. The smallest absolute Gasteiger partial charge is 0.323 e. The number of rotatable bonds is 5. The topological polar surface area (TPSA) is 62.5 Å². The molecule has 1 aliphatic rings. The summed E-state index contributed by atoms with van der Waals surface area (Å²) >= 11 is 0. The predicted molar refractivity (Wildman–Crippen MR) is 76.0 cm³/mol. The molecule has 1 fully saturated rings. The summed E-state index contributed by atoms with van der Waals surface area (Å²) < 4.78 is 2.11. The predicted octanol–water partition coefficient (Wildman–Crippen LogP) is 2.38. The van der Waals surface area contributed by atoms with E-state index in [1.165, 1.54) is 4.90 Å². The number of carbonyl (C=O) groups excluding carboxylic acids is 1. The van der Waals surface area contributed by atoms with Gasteiger partial charge in [0.05, 0.1) is 5.56 Å². The van der Waals surface area contributed by atoms with Crippen molar-refractivity contribution in [2.45, 2.75) is 52.6 Å². The molecule has 0 unspecified atom stereocenters. The Hall–Kier alpha value is -1.78. The first-order valence-corrected chi connectivity index (χ1v) is 7.04. The molecule has 0 radical (unpaired) electrons. The van der Waals surface area contributed by atoms with Gasteiger partial charge < -0.3 is 14.6 Å². The van der Waals surface area contributed by atoms with Crippen molar-refractivity contribution < 1.29 is 14.7 Å². The molecule has 0 atom stereocenters. The summed E-state index contributed by atoms with van der Waals surface area (Å²) in [6.07, 6.45) is 1.81. The third-order valence-corrected chi connectivity index (χ3v) is 3.79. The maximum absolute atomic E-state index is 12.6. The molecule has 1 aromatic heterocycles. The Morgan fingerprint density at radius 2 is 2.00 bits per heavy atom. The lowest BCUT2D eigenvalue weighted by Crippen LogP contribution is -2.37. The highest BCUT2D eigenvalue weighted by Gasteiger charge is 2.35. The SMILES string of the molecule is Cc1cc(C(=O)N(CC(=O)O)C2CC2)c(C)n1C(C)C. The molecule has 2 rings (SSSR count). The second kappa shape index (κ2) is 5.31. The van der Waals surface area contributed by atoms with Gasteiger partial charge in [-0.1, -0.05) is 0 Å². The van der Waals surface area contributed by atoms with E-state index in [9.17, 15) is 9.59 Å². The number of aromatic nitrogens is 1. The number of carbonyl (C=O) groups is 2. The fraction of sp³-hybridized carbons (Fsp3) is 0.600. The fourth-order valence-corrected chi connectivity index (χ4v) is 2.84. The van der Waals surface area contributed by atoms with Crippen LogP contribution in [-0.2, 0) is 4.79 Å². The Bertz CT molecular complexity index is 542. The summed E-state index contributed by atoms with van der Waals surface area (Å²) in [6, 6.07) is 2.25. The molecule has 1 N–H and O–H groups in total. The quantitative estimate of drug-likeness (QED) is 0.899. The molecule has 1 aromatic rings. The summed E-state index contributed by atoms with van der Waals surface area (Å²) in [4.78, 5) is 25.1. The largest absolute Gasteiger partial charge is 0.480 e. The van der Waals surface area contributed by atoms with Crippen molar-refractivity contribution in [3.8, 4) is 0 Å². The van der Waals surface area contributed by atoms with Crippen LogP contribution in [0.2, 0.25) is 0 Å². The van der Waals surface area contributed by atoms with E-state index in [2.05, 4.69) is 18.4 Å². The van der Waals surface area contributed by atoms with Gasteiger partial charge in [-0.3, -0.25) is 9.59 Å². The van der Waals surface area contributed by atoms with Crippen molar-refractivity contribution in [3.63, 3.8) is 0 Å². The zero-order valence-electron chi connectivity index (χ0n) is 12.5. The van der Waals surface area contributed by atoms with Crippen molar-refractivity contribution in [2.24, 2.45) is 0 Å². The average molecular weight is 278 g/mol. The first-order valence-electron chi connectivity index (χ1n) is 7.04. The molecule has 1 amide bonds. The molecule has 1 heterocycles. The van der Waals surface area contributed by atoms with E-state index in [0.717, 1.165) is 24.2 Å². The number of aryl methyl sites for hydroxylation is 1. The van der Waals surface area contributed by atoms with E-state index in [-0.39, 0.29) is 24.5 Å². The Labute approximate surface area is 119 Å². The molecule has 0 saturated heterocycles. The number of hydrogen-bond donors (Lipinski definition) is 1. The van der Waals surface area contributed by atoms with Crippen LogP contribution in [-0.4, -0.2) is 39.0 Å². The van der Waals surface area contributed by atoms with Gasteiger partial charge in [-0.2, -0.15) is 0 Å². The Morgan fingerprint density at radius 1 is 1.40 bits per heavy atom. The van der Waals surface area contributed by atoms with Gasteiger partial charge >= 0.3 is 5.97 Å². The van der Waals surface area contributed by atoms with Crippen LogP contribution in [0.15, 0.2) is 6.07 Å². The molecule has 110 valence electrons. The summed E-state index contributed by atoms with van der Waals surface area (Å²) in [5, 5.41) is 8.97. The summed E-state index contributed by atoms with van der Waals surface area (Å²) in [5.41, 5.74) is 2.58. The fourth-order valence-electron chi connectivity index (χ4n) is 2.84. The van der Waals surface area contributed by atoms with Gasteiger partial charge in [0.2, 0.25) is 0 Å². The Balaban J connectivity index is 2.32. The second-order valence-electron chi connectivity index (χ2n) is 5.81. The monoisotopic (exact) mass is 278 g/mol. The van der Waals surface area contributed by atoms with E-state index in [1.807, 2.05) is 19.9 Å². The minimum absolute atomic E-state index is 0.0979. The molecular weight excluding hydrogens is 256 g/mol. The third-order valence-electron chi connectivity index (χ3n) is 3.79. The van der Waals surface area contributed by atoms with Gasteiger partial charge in [0.15, 0.2) is 0 Å². The molecule has 0 spiro atoms. The van der Waals surface area contributed by atoms with Crippen LogP contribution in [0.4, 0.5) is 0 Å². The minimum atomic E-state index is -0.956. The van der Waals surface area contributed by atoms with Gasteiger partial charge in [0.25, 0.3) is 5.91 Å². The van der Waals surface area contributed by atoms with Crippen molar-refractivity contribution in [1.82, 2.24) is 9.47 Å². The van der Waals surface area contributed by atoms with E-state index in [1.54, 1.807) is 0 Å². The molecule has 5 heteroatoms. The van der Waals surface area contributed by atoms with Gasteiger partial charge in [0.1, 0.15) is 6.54 Å². The van der Waals surface area contributed by atoms with Gasteiger partial charge in [-0.05, 0) is 46.6 Å². The molecule has 0 aromatic carbocycles. The van der Waals surface area contributed by atoms with Gasteiger partial charge in [-0.15, -0.1) is 0 Å². The lowest BCUT2D eigenvalue weighted by Gasteiger charge is -2.20. The van der Waals surface area contributed by atoms with Crippen LogP contribution in [0, 0.1) is 13.8 Å². The lowest BCUT2D eigenvalue weighted by atomic mass is 10.2. The summed E-state index contributed by atoms with van der Waals surface area (Å²) in [5.74, 6) is -1.11. The van der Waals surface area contributed by atoms with Crippen LogP contribution < -0.4 is 0 Å². The van der Waals surface area contributed by atoms with E-state index in [0.29, 0.717) is 5.56 Å². The zero-order valence-corrected chi connectivity index (χ0v) is 12.5. The molecular formula is C15H22N2O3. The van der Waals surface area contributed by atoms with Crippen molar-refractivity contribution in [2.75, 3.05) is 6.54 Å². The molecule has 5 nitrogen and oxygen atoms in total. The minimum Gasteiger partial charge on any atom is -0.480 e. The molecule has 0 aliphatic heterocycles. The Morgan fingerprint density at radius 3 is 2.40 bits per heavy atom. The normalized spacial score (nSPS) is 14.7. The van der Waals surface area contributed by atoms with Crippen molar-refractivity contribution in [1.29, 1.82) is 0 Å². The summed E-state index contributed by atoms with van der Waals surface area (Å²) in [7, 11) is 0. The van der Waals surface area contributed by atoms with Gasteiger partial charge in [0, 0.05) is 23.5 Å². The number of aliphatic carboxylic acids is 1. The van der Waals surface area contributed by atoms with E-state index < -0.39 is 5.97 Å². The highest BCUT2D eigenvalue weighted by Crippen LogP contribution is 2.30. The van der Waals surface area contributed by atoms with Crippen LogP contribution in [0.3, 0.4) is 0 Å². The average Bonchev–Trinajstić information content (AvgIpc) is 3.11. The van der Waals surface area contributed by atoms with Crippen molar-refractivity contribution in [3.05, 3.63) is 23.0 Å². The maximum atomic E-state index is 12.6. The van der Waals surface area contributed by atoms with E-state index in [4.69, 9.17) is 5.11 Å². The third kappa shape index (κ3) is 2.71.